The highest BCUT2D eigenvalue weighted by Crippen LogP contribution is 2.19. The number of rotatable bonds is 6. The van der Waals surface area contributed by atoms with Crippen molar-refractivity contribution in [1.82, 2.24) is 0 Å². The molecule has 0 aliphatic rings. The Balaban J connectivity index is 2.71. The van der Waals surface area contributed by atoms with Crippen molar-refractivity contribution in [2.24, 2.45) is 0 Å². The van der Waals surface area contributed by atoms with E-state index < -0.39 is 5.97 Å². The molecule has 0 amide bonds. The van der Waals surface area contributed by atoms with E-state index in [4.69, 9.17) is 14.9 Å². The molecule has 16 heavy (non-hydrogen) atoms. The number of para-hydroxylation sites is 1. The number of carbonyl (C=O) groups is 1. The fraction of sp³-hybridized carbons (Fsp3) is 0.250. The Bertz CT molecular complexity index is 371. The van der Waals surface area contributed by atoms with Crippen molar-refractivity contribution >= 4 is 12.0 Å². The van der Waals surface area contributed by atoms with Crippen LogP contribution in [-0.4, -0.2) is 29.4 Å². The van der Waals surface area contributed by atoms with Crippen LogP contribution in [0, 0.1) is 0 Å². The summed E-state index contributed by atoms with van der Waals surface area (Å²) in [5.41, 5.74) is 0.803. The van der Waals surface area contributed by atoms with Crippen molar-refractivity contribution in [2.45, 2.75) is 6.42 Å². The van der Waals surface area contributed by atoms with Crippen LogP contribution in [0.1, 0.15) is 12.0 Å². The highest BCUT2D eigenvalue weighted by Gasteiger charge is 2.02. The summed E-state index contributed by atoms with van der Waals surface area (Å²) >= 11 is 0. The van der Waals surface area contributed by atoms with E-state index in [2.05, 4.69) is 0 Å². The predicted molar refractivity (Wildman–Crippen MR) is 60.3 cm³/mol. The van der Waals surface area contributed by atoms with E-state index >= 15 is 0 Å². The molecule has 86 valence electrons. The molecule has 1 aromatic carbocycles. The summed E-state index contributed by atoms with van der Waals surface area (Å²) in [6.07, 6.45) is 4.17. The highest BCUT2D eigenvalue weighted by atomic mass is 16.5. The lowest BCUT2D eigenvalue weighted by atomic mass is 10.2. The zero-order chi connectivity index (χ0) is 11.8. The van der Waals surface area contributed by atoms with Crippen LogP contribution >= 0.6 is 0 Å². The molecule has 0 aromatic heterocycles. The summed E-state index contributed by atoms with van der Waals surface area (Å²) < 4.78 is 5.12. The molecule has 4 heteroatoms. The SMILES string of the molecule is O=C(O)COc1ccccc1C=CCCO. The molecular weight excluding hydrogens is 208 g/mol. The van der Waals surface area contributed by atoms with Crippen LogP contribution in [0.5, 0.6) is 5.75 Å². The summed E-state index contributed by atoms with van der Waals surface area (Å²) in [7, 11) is 0. The molecule has 0 heterocycles. The Morgan fingerprint density at radius 1 is 1.38 bits per heavy atom. The third-order valence-corrected chi connectivity index (χ3v) is 1.86. The molecule has 4 nitrogen and oxygen atoms in total. The summed E-state index contributed by atoms with van der Waals surface area (Å²) in [4.78, 5) is 10.4. The first kappa shape index (κ1) is 12.3. The smallest absolute Gasteiger partial charge is 0.341 e. The van der Waals surface area contributed by atoms with Crippen molar-refractivity contribution in [1.29, 1.82) is 0 Å². The van der Waals surface area contributed by atoms with Crippen LogP contribution in [0.25, 0.3) is 6.08 Å². The maximum absolute atomic E-state index is 10.4. The van der Waals surface area contributed by atoms with E-state index in [0.29, 0.717) is 12.2 Å². The van der Waals surface area contributed by atoms with Gasteiger partial charge >= 0.3 is 5.97 Å². The molecule has 0 saturated heterocycles. The fourth-order valence-electron chi connectivity index (χ4n) is 1.17. The number of aliphatic hydroxyl groups excluding tert-OH is 1. The quantitative estimate of drug-likeness (QED) is 0.766. The third kappa shape index (κ3) is 4.14. The van der Waals surface area contributed by atoms with Crippen LogP contribution in [0.4, 0.5) is 0 Å². The van der Waals surface area contributed by atoms with Gasteiger partial charge in [0.2, 0.25) is 0 Å². The van der Waals surface area contributed by atoms with E-state index in [9.17, 15) is 4.79 Å². The summed E-state index contributed by atoms with van der Waals surface area (Å²) in [6.45, 7) is -0.264. The van der Waals surface area contributed by atoms with Gasteiger partial charge in [0, 0.05) is 12.2 Å². The Morgan fingerprint density at radius 3 is 2.81 bits per heavy atom. The number of carboxylic acids is 1. The first-order chi connectivity index (χ1) is 7.74. The molecule has 0 aliphatic heterocycles. The summed E-state index contributed by atoms with van der Waals surface area (Å²) in [5, 5.41) is 17.1. The monoisotopic (exact) mass is 222 g/mol. The Kier molecular flexibility index (Phi) is 5.08. The van der Waals surface area contributed by atoms with Gasteiger partial charge in [-0.3, -0.25) is 0 Å². The lowest BCUT2D eigenvalue weighted by Crippen LogP contribution is -2.09. The molecule has 0 radical (unpaired) electrons. The first-order valence-corrected chi connectivity index (χ1v) is 4.95. The van der Waals surface area contributed by atoms with Gasteiger partial charge in [-0.1, -0.05) is 30.4 Å². The third-order valence-electron chi connectivity index (χ3n) is 1.86. The van der Waals surface area contributed by atoms with E-state index in [1.165, 1.54) is 0 Å². The highest BCUT2D eigenvalue weighted by molar-refractivity contribution is 5.69. The van der Waals surface area contributed by atoms with Gasteiger partial charge in [0.05, 0.1) is 0 Å². The molecular formula is C12H14O4. The molecule has 0 bridgehead atoms. The number of carboxylic acid groups (broad SMARTS) is 1. The van der Waals surface area contributed by atoms with E-state index in [1.807, 2.05) is 18.2 Å². The van der Waals surface area contributed by atoms with Crippen molar-refractivity contribution in [3.8, 4) is 5.75 Å². The minimum Gasteiger partial charge on any atom is -0.481 e. The van der Waals surface area contributed by atoms with Crippen LogP contribution in [0.15, 0.2) is 30.3 Å². The van der Waals surface area contributed by atoms with Crippen molar-refractivity contribution in [3.05, 3.63) is 35.9 Å². The van der Waals surface area contributed by atoms with Gasteiger partial charge in [-0.05, 0) is 12.5 Å². The number of ether oxygens (including phenoxy) is 1. The standard InChI is InChI=1S/C12H14O4/c13-8-4-3-6-10-5-1-2-7-11(10)16-9-12(14)15/h1-3,5-7,13H,4,8-9H2,(H,14,15). The van der Waals surface area contributed by atoms with E-state index in [1.54, 1.807) is 18.2 Å². The molecule has 1 rings (SSSR count). The molecule has 0 spiro atoms. The number of benzene rings is 1. The second kappa shape index (κ2) is 6.63. The lowest BCUT2D eigenvalue weighted by Gasteiger charge is -2.06. The van der Waals surface area contributed by atoms with Gasteiger partial charge < -0.3 is 14.9 Å². The van der Waals surface area contributed by atoms with Crippen molar-refractivity contribution in [2.75, 3.05) is 13.2 Å². The Morgan fingerprint density at radius 2 is 2.12 bits per heavy atom. The van der Waals surface area contributed by atoms with Gasteiger partial charge in [0.15, 0.2) is 6.61 Å². The van der Waals surface area contributed by atoms with Gasteiger partial charge in [0.25, 0.3) is 0 Å². The number of aliphatic hydroxyl groups is 1. The zero-order valence-corrected chi connectivity index (χ0v) is 8.80. The number of hydrogen-bond acceptors (Lipinski definition) is 3. The average Bonchev–Trinajstić information content (AvgIpc) is 2.28. The minimum atomic E-state index is -1.01. The van der Waals surface area contributed by atoms with Crippen LogP contribution in [-0.2, 0) is 4.79 Å². The Hall–Kier alpha value is -1.81. The molecule has 2 N–H and O–H groups in total. The topological polar surface area (TPSA) is 66.8 Å². The predicted octanol–water partition coefficient (Wildman–Crippen LogP) is 1.55. The second-order valence-corrected chi connectivity index (χ2v) is 3.13. The van der Waals surface area contributed by atoms with Gasteiger partial charge in [-0.2, -0.15) is 0 Å². The Labute approximate surface area is 93.8 Å². The minimum absolute atomic E-state index is 0.0919. The second-order valence-electron chi connectivity index (χ2n) is 3.13. The van der Waals surface area contributed by atoms with Crippen LogP contribution in [0.2, 0.25) is 0 Å². The molecule has 0 fully saturated rings. The summed E-state index contributed by atoms with van der Waals surface area (Å²) in [5.74, 6) is -0.478. The normalized spacial score (nSPS) is 10.6. The molecule has 0 atom stereocenters. The van der Waals surface area contributed by atoms with Gasteiger partial charge in [0.1, 0.15) is 5.75 Å². The average molecular weight is 222 g/mol. The largest absolute Gasteiger partial charge is 0.481 e. The van der Waals surface area contributed by atoms with Gasteiger partial charge in [-0.15, -0.1) is 0 Å². The van der Waals surface area contributed by atoms with Gasteiger partial charge in [-0.25, -0.2) is 4.79 Å². The maximum atomic E-state index is 10.4. The van der Waals surface area contributed by atoms with E-state index in [0.717, 1.165) is 5.56 Å². The number of aliphatic carboxylic acids is 1. The molecule has 1 aromatic rings. The lowest BCUT2D eigenvalue weighted by molar-refractivity contribution is -0.139. The molecule has 0 unspecified atom stereocenters. The molecule has 0 saturated carbocycles. The van der Waals surface area contributed by atoms with E-state index in [-0.39, 0.29) is 13.2 Å². The van der Waals surface area contributed by atoms with Crippen LogP contribution < -0.4 is 4.74 Å². The first-order valence-electron chi connectivity index (χ1n) is 4.95. The summed E-state index contributed by atoms with van der Waals surface area (Å²) in [6, 6.07) is 7.15. The van der Waals surface area contributed by atoms with Crippen molar-refractivity contribution in [3.63, 3.8) is 0 Å². The number of hydrogen-bond donors (Lipinski definition) is 2. The fourth-order valence-corrected chi connectivity index (χ4v) is 1.17. The van der Waals surface area contributed by atoms with Crippen molar-refractivity contribution < 1.29 is 19.7 Å². The van der Waals surface area contributed by atoms with Crippen LogP contribution in [0.3, 0.4) is 0 Å². The molecule has 0 aliphatic carbocycles. The maximum Gasteiger partial charge on any atom is 0.341 e. The zero-order valence-electron chi connectivity index (χ0n) is 8.80.